The van der Waals surface area contributed by atoms with Crippen molar-refractivity contribution in [1.29, 1.82) is 0 Å². The van der Waals surface area contributed by atoms with Crippen molar-refractivity contribution in [3.8, 4) is 0 Å². The molecular formula is C15H17F2N3S. The van der Waals surface area contributed by atoms with Gasteiger partial charge in [0.25, 0.3) is 0 Å². The van der Waals surface area contributed by atoms with E-state index < -0.39 is 11.6 Å². The van der Waals surface area contributed by atoms with E-state index in [1.165, 1.54) is 0 Å². The lowest BCUT2D eigenvalue weighted by Crippen LogP contribution is -2.18. The number of nitrogen functional groups attached to an aromatic ring is 1. The number of nitrogens with two attached hydrogens (primary N) is 1. The molecule has 2 aromatic rings. The zero-order valence-electron chi connectivity index (χ0n) is 12.4. The molecule has 21 heavy (non-hydrogen) atoms. The van der Waals surface area contributed by atoms with Gasteiger partial charge in [-0.25, -0.2) is 18.7 Å². The van der Waals surface area contributed by atoms with Crippen molar-refractivity contribution < 1.29 is 8.78 Å². The van der Waals surface area contributed by atoms with Crippen LogP contribution in [0.4, 0.5) is 14.6 Å². The van der Waals surface area contributed by atoms with Gasteiger partial charge in [-0.3, -0.25) is 0 Å². The first-order valence-corrected chi connectivity index (χ1v) is 7.27. The Morgan fingerprint density at radius 1 is 1.14 bits per heavy atom. The van der Waals surface area contributed by atoms with Crippen LogP contribution in [-0.4, -0.2) is 9.97 Å². The van der Waals surface area contributed by atoms with Crippen LogP contribution in [-0.2, 0) is 5.41 Å². The van der Waals surface area contributed by atoms with E-state index in [2.05, 4.69) is 9.97 Å². The fraction of sp³-hybridized carbons (Fsp3) is 0.333. The summed E-state index contributed by atoms with van der Waals surface area (Å²) in [6, 6.07) is 3.33. The van der Waals surface area contributed by atoms with Crippen LogP contribution in [0.5, 0.6) is 0 Å². The second kappa shape index (κ2) is 5.60. The first-order chi connectivity index (χ1) is 9.68. The topological polar surface area (TPSA) is 51.8 Å². The largest absolute Gasteiger partial charge is 0.383 e. The first-order valence-electron chi connectivity index (χ1n) is 6.46. The van der Waals surface area contributed by atoms with Gasteiger partial charge in [-0.15, -0.1) is 0 Å². The van der Waals surface area contributed by atoms with Crippen LogP contribution in [0.15, 0.2) is 28.1 Å². The third kappa shape index (κ3) is 3.50. The second-order valence-electron chi connectivity index (χ2n) is 5.79. The van der Waals surface area contributed by atoms with E-state index in [1.54, 1.807) is 6.92 Å². The Bertz CT molecular complexity index is 681. The molecule has 0 aliphatic carbocycles. The fourth-order valence-corrected chi connectivity index (χ4v) is 2.54. The summed E-state index contributed by atoms with van der Waals surface area (Å²) in [6.07, 6.45) is 0. The molecule has 1 aromatic heterocycles. The molecule has 0 amide bonds. The lowest BCUT2D eigenvalue weighted by atomic mass is 9.95. The van der Waals surface area contributed by atoms with Crippen molar-refractivity contribution in [1.82, 2.24) is 9.97 Å². The van der Waals surface area contributed by atoms with Gasteiger partial charge in [0, 0.05) is 11.0 Å². The number of hydrogen-bond acceptors (Lipinski definition) is 4. The summed E-state index contributed by atoms with van der Waals surface area (Å²) in [6.45, 7) is 7.66. The highest BCUT2D eigenvalue weighted by Crippen LogP contribution is 2.34. The Hall–Kier alpha value is -1.69. The molecular weight excluding hydrogens is 292 g/mol. The molecule has 1 heterocycles. The van der Waals surface area contributed by atoms with Gasteiger partial charge in [-0.2, -0.15) is 0 Å². The van der Waals surface area contributed by atoms with Crippen LogP contribution >= 0.6 is 11.8 Å². The van der Waals surface area contributed by atoms with E-state index in [4.69, 9.17) is 5.73 Å². The third-order valence-corrected chi connectivity index (χ3v) is 4.03. The maximum absolute atomic E-state index is 13.8. The van der Waals surface area contributed by atoms with Gasteiger partial charge in [-0.1, -0.05) is 32.5 Å². The molecule has 2 N–H and O–H groups in total. The van der Waals surface area contributed by atoms with E-state index in [0.29, 0.717) is 22.2 Å². The van der Waals surface area contributed by atoms with Crippen LogP contribution in [0, 0.1) is 18.6 Å². The Morgan fingerprint density at radius 2 is 1.81 bits per heavy atom. The highest BCUT2D eigenvalue weighted by Gasteiger charge is 2.21. The molecule has 3 nitrogen and oxygen atoms in total. The number of aromatic nitrogens is 2. The maximum Gasteiger partial charge on any atom is 0.137 e. The van der Waals surface area contributed by atoms with Gasteiger partial charge < -0.3 is 5.73 Å². The van der Waals surface area contributed by atoms with Crippen molar-refractivity contribution in [3.63, 3.8) is 0 Å². The predicted octanol–water partition coefficient (Wildman–Crippen LogP) is 4.09. The maximum atomic E-state index is 13.8. The Labute approximate surface area is 127 Å². The Balaban J connectivity index is 2.49. The fourth-order valence-electron chi connectivity index (χ4n) is 1.61. The minimum absolute atomic E-state index is 0.177. The lowest BCUT2D eigenvalue weighted by Gasteiger charge is -2.19. The summed E-state index contributed by atoms with van der Waals surface area (Å²) in [4.78, 5) is 8.90. The summed E-state index contributed by atoms with van der Waals surface area (Å²) in [5.41, 5.74) is 6.29. The first kappa shape index (κ1) is 15.7. The van der Waals surface area contributed by atoms with E-state index in [-0.39, 0.29) is 10.3 Å². The molecule has 0 aliphatic heterocycles. The van der Waals surface area contributed by atoms with Crippen LogP contribution < -0.4 is 5.73 Å². The molecule has 0 saturated carbocycles. The number of rotatable bonds is 2. The highest BCUT2D eigenvalue weighted by molar-refractivity contribution is 7.99. The van der Waals surface area contributed by atoms with E-state index in [1.807, 2.05) is 20.8 Å². The molecule has 0 aliphatic rings. The van der Waals surface area contributed by atoms with Gasteiger partial charge in [0.05, 0.1) is 4.90 Å². The molecule has 0 spiro atoms. The molecule has 6 heteroatoms. The average Bonchev–Trinajstić information content (AvgIpc) is 2.37. The van der Waals surface area contributed by atoms with Gasteiger partial charge in [0.2, 0.25) is 0 Å². The monoisotopic (exact) mass is 309 g/mol. The minimum Gasteiger partial charge on any atom is -0.383 e. The van der Waals surface area contributed by atoms with Gasteiger partial charge in [-0.05, 0) is 25.1 Å². The molecule has 0 saturated heterocycles. The van der Waals surface area contributed by atoms with Crippen molar-refractivity contribution >= 4 is 17.6 Å². The lowest BCUT2D eigenvalue weighted by molar-refractivity contribution is 0.538. The Morgan fingerprint density at radius 3 is 2.43 bits per heavy atom. The SMILES string of the molecule is Cc1c(N)nc(C(C)(C)C)nc1Sc1cc(F)ccc1F. The number of nitrogens with zero attached hydrogens (tertiary/aromatic N) is 2. The summed E-state index contributed by atoms with van der Waals surface area (Å²) in [5.74, 6) is -0.0518. The second-order valence-corrected chi connectivity index (χ2v) is 6.82. The summed E-state index contributed by atoms with van der Waals surface area (Å²) in [5, 5.41) is 0.539. The molecule has 112 valence electrons. The van der Waals surface area contributed by atoms with Crippen LogP contribution in [0.2, 0.25) is 0 Å². The van der Waals surface area contributed by atoms with Crippen molar-refractivity contribution in [3.05, 3.63) is 41.2 Å². The van der Waals surface area contributed by atoms with Crippen LogP contribution in [0.3, 0.4) is 0 Å². The zero-order valence-corrected chi connectivity index (χ0v) is 13.2. The van der Waals surface area contributed by atoms with Crippen molar-refractivity contribution in [2.45, 2.75) is 43.0 Å². The van der Waals surface area contributed by atoms with Crippen LogP contribution in [0.1, 0.15) is 32.2 Å². The van der Waals surface area contributed by atoms with Gasteiger partial charge in [0.15, 0.2) is 0 Å². The molecule has 0 unspecified atom stereocenters. The summed E-state index contributed by atoms with van der Waals surface area (Å²) < 4.78 is 27.0. The number of anilines is 1. The van der Waals surface area contributed by atoms with Gasteiger partial charge in [0.1, 0.15) is 28.3 Å². The molecule has 0 fully saturated rings. The summed E-state index contributed by atoms with van der Waals surface area (Å²) >= 11 is 1.05. The molecule has 0 atom stereocenters. The number of halogens is 2. The molecule has 0 radical (unpaired) electrons. The molecule has 0 bridgehead atoms. The Kier molecular flexibility index (Phi) is 4.18. The quantitative estimate of drug-likeness (QED) is 0.849. The third-order valence-electron chi connectivity index (χ3n) is 2.91. The van der Waals surface area contributed by atoms with Crippen molar-refractivity contribution in [2.75, 3.05) is 5.73 Å². The van der Waals surface area contributed by atoms with Crippen molar-refractivity contribution in [2.24, 2.45) is 0 Å². The molecule has 2 rings (SSSR count). The zero-order chi connectivity index (χ0) is 15.8. The van der Waals surface area contributed by atoms with E-state index >= 15 is 0 Å². The predicted molar refractivity (Wildman–Crippen MR) is 80.4 cm³/mol. The number of benzene rings is 1. The molecule has 1 aromatic carbocycles. The highest BCUT2D eigenvalue weighted by atomic mass is 32.2. The van der Waals surface area contributed by atoms with Gasteiger partial charge >= 0.3 is 0 Å². The standard InChI is InChI=1S/C15H17F2N3S/c1-8-12(18)19-14(15(2,3)4)20-13(8)21-11-7-9(16)5-6-10(11)17/h5-7H,1-4H3,(H2,18,19,20). The van der Waals surface area contributed by atoms with Crippen LogP contribution in [0.25, 0.3) is 0 Å². The van der Waals surface area contributed by atoms with E-state index in [0.717, 1.165) is 30.0 Å². The minimum atomic E-state index is -0.491. The van der Waals surface area contributed by atoms with E-state index in [9.17, 15) is 8.78 Å². The summed E-state index contributed by atoms with van der Waals surface area (Å²) in [7, 11) is 0. The number of hydrogen-bond donors (Lipinski definition) is 1. The smallest absolute Gasteiger partial charge is 0.137 e. The average molecular weight is 309 g/mol. The normalized spacial score (nSPS) is 11.7.